The van der Waals surface area contributed by atoms with Gasteiger partial charge in [0.2, 0.25) is 5.91 Å². The van der Waals surface area contributed by atoms with Gasteiger partial charge in [0, 0.05) is 10.8 Å². The average molecular weight is 339 g/mol. The van der Waals surface area contributed by atoms with Gasteiger partial charge in [-0.3, -0.25) is 4.79 Å². The zero-order chi connectivity index (χ0) is 16.5. The van der Waals surface area contributed by atoms with E-state index in [-0.39, 0.29) is 22.6 Å². The van der Waals surface area contributed by atoms with E-state index in [1.165, 1.54) is 11.3 Å². The molecule has 0 bridgehead atoms. The number of hydrogen-bond acceptors (Lipinski definition) is 6. The standard InChI is InChI=1S/C14H17N3O3S2/c1-7-6-21-13(15-7)17-9(18)5-8-10(11(19)20)22-12(16-8)14(2,3)4/h6H,5H2,1-4H3,(H,19,20)(H,15,17,18). The highest BCUT2D eigenvalue weighted by Crippen LogP contribution is 2.30. The number of amides is 1. The van der Waals surface area contributed by atoms with Crippen molar-refractivity contribution in [1.82, 2.24) is 9.97 Å². The van der Waals surface area contributed by atoms with Crippen molar-refractivity contribution >= 4 is 39.7 Å². The van der Waals surface area contributed by atoms with Crippen molar-refractivity contribution in [2.75, 3.05) is 5.32 Å². The molecule has 0 spiro atoms. The number of rotatable bonds is 4. The minimum Gasteiger partial charge on any atom is -0.477 e. The smallest absolute Gasteiger partial charge is 0.347 e. The molecule has 2 N–H and O–H groups in total. The fraction of sp³-hybridized carbons (Fsp3) is 0.429. The monoisotopic (exact) mass is 339 g/mol. The molecule has 6 nitrogen and oxygen atoms in total. The van der Waals surface area contributed by atoms with Crippen LogP contribution in [-0.4, -0.2) is 27.0 Å². The lowest BCUT2D eigenvalue weighted by Crippen LogP contribution is -2.16. The van der Waals surface area contributed by atoms with Crippen molar-refractivity contribution < 1.29 is 14.7 Å². The molecule has 2 heterocycles. The fourth-order valence-electron chi connectivity index (χ4n) is 1.69. The number of carbonyl (C=O) groups is 2. The summed E-state index contributed by atoms with van der Waals surface area (Å²) in [5.74, 6) is -1.37. The molecule has 0 saturated carbocycles. The Labute approximate surface area is 136 Å². The topological polar surface area (TPSA) is 92.2 Å². The second kappa shape index (κ2) is 6.13. The molecule has 0 aliphatic heterocycles. The Morgan fingerprint density at radius 1 is 1.32 bits per heavy atom. The Bertz CT molecular complexity index is 713. The molecule has 1 amide bonds. The number of anilines is 1. The Kier molecular flexibility index (Phi) is 4.62. The van der Waals surface area contributed by atoms with Gasteiger partial charge in [-0.1, -0.05) is 20.8 Å². The molecule has 0 radical (unpaired) electrons. The molecule has 0 aromatic carbocycles. The molecule has 2 aromatic rings. The predicted octanol–water partition coefficient (Wildman–Crippen LogP) is 3.08. The lowest BCUT2D eigenvalue weighted by molar-refractivity contribution is -0.115. The number of nitrogens with zero attached hydrogens (tertiary/aromatic N) is 2. The van der Waals surface area contributed by atoms with Crippen LogP contribution in [-0.2, 0) is 16.6 Å². The van der Waals surface area contributed by atoms with E-state index in [0.29, 0.717) is 15.8 Å². The molecule has 2 aromatic heterocycles. The predicted molar refractivity (Wildman–Crippen MR) is 87.0 cm³/mol. The summed E-state index contributed by atoms with van der Waals surface area (Å²) < 4.78 is 0. The number of nitrogens with one attached hydrogen (secondary N) is 1. The van der Waals surface area contributed by atoms with Crippen LogP contribution in [0.1, 0.15) is 46.8 Å². The van der Waals surface area contributed by atoms with Crippen LogP contribution in [0.2, 0.25) is 0 Å². The van der Waals surface area contributed by atoms with Gasteiger partial charge in [-0.15, -0.1) is 22.7 Å². The fourth-order valence-corrected chi connectivity index (χ4v) is 3.37. The molecule has 0 fully saturated rings. The maximum atomic E-state index is 12.1. The minimum atomic E-state index is -1.05. The SMILES string of the molecule is Cc1csc(NC(=O)Cc2nc(C(C)(C)C)sc2C(=O)O)n1. The van der Waals surface area contributed by atoms with E-state index < -0.39 is 5.97 Å². The number of carboxylic acids is 1. The van der Waals surface area contributed by atoms with E-state index in [1.54, 1.807) is 0 Å². The molecule has 0 aliphatic rings. The van der Waals surface area contributed by atoms with Crippen molar-refractivity contribution in [2.24, 2.45) is 0 Å². The lowest BCUT2D eigenvalue weighted by Gasteiger charge is -2.13. The first kappa shape index (κ1) is 16.6. The van der Waals surface area contributed by atoms with Crippen LogP contribution in [0, 0.1) is 6.92 Å². The molecular formula is C14H17N3O3S2. The first-order chi connectivity index (χ1) is 10.2. The first-order valence-electron chi connectivity index (χ1n) is 6.62. The summed E-state index contributed by atoms with van der Waals surface area (Å²) in [6.45, 7) is 7.71. The number of aromatic carboxylic acids is 1. The molecule has 118 valence electrons. The van der Waals surface area contributed by atoms with Gasteiger partial charge in [0.25, 0.3) is 0 Å². The van der Waals surface area contributed by atoms with E-state index in [9.17, 15) is 14.7 Å². The summed E-state index contributed by atoms with van der Waals surface area (Å²) in [5.41, 5.74) is 0.874. The summed E-state index contributed by atoms with van der Waals surface area (Å²) in [4.78, 5) is 32.0. The third-order valence-electron chi connectivity index (χ3n) is 2.73. The third-order valence-corrected chi connectivity index (χ3v) is 5.11. The Morgan fingerprint density at radius 2 is 2.00 bits per heavy atom. The molecule has 8 heteroatoms. The van der Waals surface area contributed by atoms with Crippen LogP contribution in [0.5, 0.6) is 0 Å². The van der Waals surface area contributed by atoms with Gasteiger partial charge < -0.3 is 10.4 Å². The summed E-state index contributed by atoms with van der Waals surface area (Å²) in [6.07, 6.45) is -0.0765. The van der Waals surface area contributed by atoms with Gasteiger partial charge in [-0.2, -0.15) is 0 Å². The summed E-state index contributed by atoms with van der Waals surface area (Å²) in [6, 6.07) is 0. The van der Waals surface area contributed by atoms with Crippen molar-refractivity contribution in [3.05, 3.63) is 26.7 Å². The van der Waals surface area contributed by atoms with Crippen LogP contribution in [0.3, 0.4) is 0 Å². The minimum absolute atomic E-state index is 0.0765. The number of aryl methyl sites for hydroxylation is 1. The van der Waals surface area contributed by atoms with Gasteiger partial charge in [-0.05, 0) is 6.92 Å². The number of thiazole rings is 2. The Hall–Kier alpha value is -1.80. The van der Waals surface area contributed by atoms with Crippen molar-refractivity contribution in [2.45, 2.75) is 39.5 Å². The molecule has 0 unspecified atom stereocenters. The highest BCUT2D eigenvalue weighted by Gasteiger charge is 2.25. The van der Waals surface area contributed by atoms with Crippen LogP contribution >= 0.6 is 22.7 Å². The number of aromatic nitrogens is 2. The largest absolute Gasteiger partial charge is 0.477 e. The van der Waals surface area contributed by atoms with Crippen LogP contribution in [0.4, 0.5) is 5.13 Å². The molecular weight excluding hydrogens is 322 g/mol. The van der Waals surface area contributed by atoms with Gasteiger partial charge in [0.15, 0.2) is 5.13 Å². The zero-order valence-corrected chi connectivity index (χ0v) is 14.4. The van der Waals surface area contributed by atoms with Crippen LogP contribution in [0.25, 0.3) is 0 Å². The first-order valence-corrected chi connectivity index (χ1v) is 8.32. The molecule has 0 atom stereocenters. The summed E-state index contributed by atoms with van der Waals surface area (Å²) in [7, 11) is 0. The summed E-state index contributed by atoms with van der Waals surface area (Å²) in [5, 5.41) is 15.0. The maximum absolute atomic E-state index is 12.1. The number of carboxylic acid groups (broad SMARTS) is 1. The van der Waals surface area contributed by atoms with Gasteiger partial charge in [0.05, 0.1) is 22.8 Å². The van der Waals surface area contributed by atoms with E-state index in [1.807, 2.05) is 33.1 Å². The van der Waals surface area contributed by atoms with Gasteiger partial charge in [0.1, 0.15) is 4.88 Å². The summed E-state index contributed by atoms with van der Waals surface area (Å²) >= 11 is 2.45. The molecule has 0 aliphatic carbocycles. The average Bonchev–Trinajstić information content (AvgIpc) is 2.95. The lowest BCUT2D eigenvalue weighted by atomic mass is 9.98. The van der Waals surface area contributed by atoms with Crippen molar-refractivity contribution in [1.29, 1.82) is 0 Å². The zero-order valence-electron chi connectivity index (χ0n) is 12.8. The Morgan fingerprint density at radius 3 is 2.50 bits per heavy atom. The van der Waals surface area contributed by atoms with Crippen molar-refractivity contribution in [3.8, 4) is 0 Å². The number of hydrogen-bond donors (Lipinski definition) is 2. The third kappa shape index (κ3) is 3.89. The molecule has 22 heavy (non-hydrogen) atoms. The van der Waals surface area contributed by atoms with Gasteiger partial charge >= 0.3 is 5.97 Å². The quantitative estimate of drug-likeness (QED) is 0.893. The van der Waals surface area contributed by atoms with E-state index in [2.05, 4.69) is 15.3 Å². The normalized spacial score (nSPS) is 11.5. The van der Waals surface area contributed by atoms with E-state index in [4.69, 9.17) is 0 Å². The highest BCUT2D eigenvalue weighted by atomic mass is 32.1. The van der Waals surface area contributed by atoms with E-state index in [0.717, 1.165) is 17.0 Å². The van der Waals surface area contributed by atoms with Gasteiger partial charge in [-0.25, -0.2) is 14.8 Å². The molecule has 2 rings (SSSR count). The second-order valence-electron chi connectivity index (χ2n) is 5.87. The maximum Gasteiger partial charge on any atom is 0.347 e. The number of carbonyl (C=O) groups excluding carboxylic acids is 1. The van der Waals surface area contributed by atoms with E-state index >= 15 is 0 Å². The van der Waals surface area contributed by atoms with Crippen LogP contribution < -0.4 is 5.32 Å². The second-order valence-corrected chi connectivity index (χ2v) is 7.73. The van der Waals surface area contributed by atoms with Crippen LogP contribution in [0.15, 0.2) is 5.38 Å². The molecule has 0 saturated heterocycles. The van der Waals surface area contributed by atoms with Crippen molar-refractivity contribution in [3.63, 3.8) is 0 Å². The Balaban J connectivity index is 2.19. The highest BCUT2D eigenvalue weighted by molar-refractivity contribution is 7.14.